The van der Waals surface area contributed by atoms with Crippen molar-refractivity contribution >= 4 is 70.6 Å². The highest BCUT2D eigenvalue weighted by atomic mass is 79.9. The molecule has 0 aliphatic heterocycles. The minimum Gasteiger partial charge on any atom is -0.490 e. The van der Waals surface area contributed by atoms with Gasteiger partial charge in [-0.1, -0.05) is 29.8 Å². The molecule has 0 bridgehead atoms. The Kier molecular flexibility index (Phi) is 9.13. The van der Waals surface area contributed by atoms with E-state index in [4.69, 9.17) is 14.5 Å². The highest BCUT2D eigenvalue weighted by Gasteiger charge is 2.20. The van der Waals surface area contributed by atoms with Gasteiger partial charge in [0.1, 0.15) is 12.0 Å². The van der Waals surface area contributed by atoms with Crippen LogP contribution < -0.4 is 15.0 Å². The van der Waals surface area contributed by atoms with Gasteiger partial charge in [0.2, 0.25) is 5.88 Å². The molecule has 0 spiro atoms. The van der Waals surface area contributed by atoms with Gasteiger partial charge in [-0.2, -0.15) is 9.78 Å². The van der Waals surface area contributed by atoms with E-state index in [1.54, 1.807) is 24.4 Å². The fourth-order valence-corrected chi connectivity index (χ4v) is 4.86. The fourth-order valence-electron chi connectivity index (χ4n) is 3.60. The Morgan fingerprint density at radius 3 is 2.56 bits per heavy atom. The highest BCUT2D eigenvalue weighted by Crippen LogP contribution is 2.44. The Balaban J connectivity index is 1.79. The first-order valence-electron chi connectivity index (χ1n) is 11.8. The maximum absolute atomic E-state index is 13.5. The van der Waals surface area contributed by atoms with E-state index in [1.807, 2.05) is 26.8 Å². The maximum Gasteiger partial charge on any atom is 0.287 e. The number of nitrogens with zero attached hydrogens (tertiary/aromatic N) is 5. The molecule has 4 aromatic rings. The third-order valence-electron chi connectivity index (χ3n) is 5.79. The largest absolute Gasteiger partial charge is 0.490 e. The second kappa shape index (κ2) is 12.3. The molecule has 2 heterocycles. The van der Waals surface area contributed by atoms with Gasteiger partial charge < -0.3 is 9.47 Å². The molecule has 0 aliphatic carbocycles. The molecule has 4 rings (SSSR count). The SMILES string of the molecule is CCOc1cc(C=Nn2c([C@@H](C)CC)nc3ccc(Br)cc3c2=O)c(Br)c(Br)c1Oc1ccc([N+](=O)[O-])cn1. The average molecular weight is 724 g/mol. The first-order valence-corrected chi connectivity index (χ1v) is 14.2. The molecule has 2 aromatic heterocycles. The summed E-state index contributed by atoms with van der Waals surface area (Å²) in [6, 6.07) is 9.80. The molecule has 0 N–H and O–H groups in total. The molecule has 39 heavy (non-hydrogen) atoms. The summed E-state index contributed by atoms with van der Waals surface area (Å²) in [5, 5.41) is 15.9. The van der Waals surface area contributed by atoms with E-state index >= 15 is 0 Å². The van der Waals surface area contributed by atoms with Crippen LogP contribution >= 0.6 is 47.8 Å². The number of hydrogen-bond acceptors (Lipinski definition) is 8. The number of hydrogen-bond donors (Lipinski definition) is 0. The van der Waals surface area contributed by atoms with Gasteiger partial charge in [-0.25, -0.2) is 9.97 Å². The van der Waals surface area contributed by atoms with Gasteiger partial charge in [0.05, 0.1) is 33.1 Å². The molecule has 10 nitrogen and oxygen atoms in total. The first-order chi connectivity index (χ1) is 18.6. The van der Waals surface area contributed by atoms with Crippen molar-refractivity contribution in [3.05, 3.63) is 87.9 Å². The molecule has 0 radical (unpaired) electrons. The summed E-state index contributed by atoms with van der Waals surface area (Å²) in [4.78, 5) is 32.6. The number of aromatic nitrogens is 3. The lowest BCUT2D eigenvalue weighted by molar-refractivity contribution is -0.385. The standard InChI is InChI=1S/C26H22Br3N5O5/c1-4-14(3)25-32-19-8-6-16(27)11-18(19)26(35)33(25)31-12-15-10-20(38-5-2)24(23(29)22(15)28)39-21-9-7-17(13-30-21)34(36)37/h6-14H,4-5H2,1-3H3/t14-/m0/s1. The van der Waals surface area contributed by atoms with Crippen LogP contribution in [0, 0.1) is 10.1 Å². The molecule has 0 fully saturated rings. The number of ether oxygens (including phenoxy) is 2. The number of nitro groups is 1. The van der Waals surface area contributed by atoms with Gasteiger partial charge in [-0.15, -0.1) is 0 Å². The molecule has 2 aromatic carbocycles. The quantitative estimate of drug-likeness (QED) is 0.0992. The van der Waals surface area contributed by atoms with Crippen LogP contribution in [0.1, 0.15) is 44.5 Å². The van der Waals surface area contributed by atoms with Crippen molar-refractivity contribution in [2.24, 2.45) is 5.10 Å². The van der Waals surface area contributed by atoms with Crippen LogP contribution in [0.5, 0.6) is 17.4 Å². The summed E-state index contributed by atoms with van der Waals surface area (Å²) < 4.78 is 14.9. The van der Waals surface area contributed by atoms with Crippen LogP contribution in [-0.4, -0.2) is 32.4 Å². The van der Waals surface area contributed by atoms with Crippen molar-refractivity contribution in [1.82, 2.24) is 14.6 Å². The number of fused-ring (bicyclic) bond motifs is 1. The van der Waals surface area contributed by atoms with Crippen LogP contribution in [0.4, 0.5) is 5.69 Å². The van der Waals surface area contributed by atoms with Gasteiger partial charge in [0.25, 0.3) is 11.2 Å². The second-order valence-electron chi connectivity index (χ2n) is 8.37. The Morgan fingerprint density at radius 2 is 1.92 bits per heavy atom. The van der Waals surface area contributed by atoms with Gasteiger partial charge in [-0.3, -0.25) is 14.9 Å². The predicted octanol–water partition coefficient (Wildman–Crippen LogP) is 7.57. The molecule has 202 valence electrons. The lowest BCUT2D eigenvalue weighted by atomic mass is 10.1. The minimum atomic E-state index is -0.537. The number of pyridine rings is 1. The van der Waals surface area contributed by atoms with E-state index in [2.05, 4.69) is 57.9 Å². The zero-order chi connectivity index (χ0) is 28.3. The molecule has 13 heteroatoms. The van der Waals surface area contributed by atoms with E-state index in [9.17, 15) is 14.9 Å². The Morgan fingerprint density at radius 1 is 1.15 bits per heavy atom. The summed E-state index contributed by atoms with van der Waals surface area (Å²) in [7, 11) is 0. The van der Waals surface area contributed by atoms with Crippen molar-refractivity contribution in [2.75, 3.05) is 6.61 Å². The normalized spacial score (nSPS) is 12.2. The lowest BCUT2D eigenvalue weighted by Crippen LogP contribution is -2.23. The number of halogens is 3. The van der Waals surface area contributed by atoms with Crippen LogP contribution in [-0.2, 0) is 0 Å². The second-order valence-corrected chi connectivity index (χ2v) is 10.9. The maximum atomic E-state index is 13.5. The third kappa shape index (κ3) is 6.20. The highest BCUT2D eigenvalue weighted by molar-refractivity contribution is 9.13. The van der Waals surface area contributed by atoms with E-state index < -0.39 is 4.92 Å². The summed E-state index contributed by atoms with van der Waals surface area (Å²) in [6.07, 6.45) is 3.43. The van der Waals surface area contributed by atoms with Gasteiger partial charge in [-0.05, 0) is 69.5 Å². The molecule has 0 unspecified atom stereocenters. The molecule has 0 saturated heterocycles. The molecular formula is C26H22Br3N5O5. The molecule has 0 amide bonds. The summed E-state index contributed by atoms with van der Waals surface area (Å²) in [6.45, 7) is 6.19. The molecular weight excluding hydrogens is 702 g/mol. The van der Waals surface area contributed by atoms with Gasteiger partial charge in [0.15, 0.2) is 11.5 Å². The van der Waals surface area contributed by atoms with Gasteiger partial charge in [0, 0.05) is 32.6 Å². The monoisotopic (exact) mass is 721 g/mol. The average Bonchev–Trinajstić information content (AvgIpc) is 2.92. The Labute approximate surface area is 248 Å². The van der Waals surface area contributed by atoms with Crippen LogP contribution in [0.3, 0.4) is 0 Å². The van der Waals surface area contributed by atoms with Crippen molar-refractivity contribution < 1.29 is 14.4 Å². The lowest BCUT2D eigenvalue weighted by Gasteiger charge is -2.16. The summed E-state index contributed by atoms with van der Waals surface area (Å²) >= 11 is 10.5. The van der Waals surface area contributed by atoms with Gasteiger partial charge >= 0.3 is 0 Å². The zero-order valence-electron chi connectivity index (χ0n) is 21.0. The summed E-state index contributed by atoms with van der Waals surface area (Å²) in [5.74, 6) is 1.38. The number of rotatable bonds is 9. The van der Waals surface area contributed by atoms with Crippen LogP contribution in [0.25, 0.3) is 10.9 Å². The Hall–Kier alpha value is -3.16. The Bertz CT molecular complexity index is 1640. The fraction of sp³-hybridized carbons (Fsp3) is 0.231. The van der Waals surface area contributed by atoms with Crippen molar-refractivity contribution in [1.29, 1.82) is 0 Å². The van der Waals surface area contributed by atoms with Crippen LogP contribution in [0.2, 0.25) is 0 Å². The van der Waals surface area contributed by atoms with E-state index in [1.165, 1.54) is 16.8 Å². The third-order valence-corrected chi connectivity index (χ3v) is 8.43. The number of benzene rings is 2. The predicted molar refractivity (Wildman–Crippen MR) is 159 cm³/mol. The van der Waals surface area contributed by atoms with Crippen LogP contribution in [0.15, 0.2) is 65.9 Å². The van der Waals surface area contributed by atoms with E-state index in [-0.39, 0.29) is 23.0 Å². The van der Waals surface area contributed by atoms with E-state index in [0.29, 0.717) is 49.3 Å². The van der Waals surface area contributed by atoms with E-state index in [0.717, 1.165) is 17.1 Å². The minimum absolute atomic E-state index is 0.0120. The molecule has 0 aliphatic rings. The molecule has 0 saturated carbocycles. The topological polar surface area (TPSA) is 122 Å². The first kappa shape index (κ1) is 28.8. The van der Waals surface area contributed by atoms with Crippen molar-refractivity contribution in [3.8, 4) is 17.4 Å². The van der Waals surface area contributed by atoms with Crippen molar-refractivity contribution in [3.63, 3.8) is 0 Å². The zero-order valence-corrected chi connectivity index (χ0v) is 25.8. The van der Waals surface area contributed by atoms with Crippen molar-refractivity contribution in [2.45, 2.75) is 33.1 Å². The smallest absolute Gasteiger partial charge is 0.287 e. The molecule has 1 atom stereocenters. The summed E-state index contributed by atoms with van der Waals surface area (Å²) in [5.41, 5.74) is 0.776.